The first-order valence-corrected chi connectivity index (χ1v) is 7.44. The lowest BCUT2D eigenvalue weighted by atomic mass is 9.99. The highest BCUT2D eigenvalue weighted by molar-refractivity contribution is 6.32. The van der Waals surface area contributed by atoms with Crippen LogP contribution in [0.25, 0.3) is 10.9 Å². The van der Waals surface area contributed by atoms with Gasteiger partial charge in [0.05, 0.1) is 17.1 Å². The molecule has 0 aliphatic heterocycles. The second-order valence-corrected chi connectivity index (χ2v) is 5.80. The minimum atomic E-state index is -0.730. The van der Waals surface area contributed by atoms with Crippen LogP contribution in [-0.2, 0) is 11.2 Å². The molecule has 0 aliphatic carbocycles. The number of aromatic nitrogens is 1. The van der Waals surface area contributed by atoms with Gasteiger partial charge in [-0.2, -0.15) is 0 Å². The molecule has 22 heavy (non-hydrogen) atoms. The molecule has 118 valence electrons. The van der Waals surface area contributed by atoms with Crippen molar-refractivity contribution in [3.8, 4) is 0 Å². The molecular formula is C16H17ClFNO3. The van der Waals surface area contributed by atoms with E-state index in [1.165, 1.54) is 6.20 Å². The van der Waals surface area contributed by atoms with Crippen LogP contribution in [0.1, 0.15) is 36.7 Å². The molecule has 1 N–H and O–H groups in total. The third kappa shape index (κ3) is 2.99. The number of halogens is 2. The number of esters is 1. The number of H-pyrrole nitrogens is 1. The summed E-state index contributed by atoms with van der Waals surface area (Å²) in [6.45, 7) is 5.74. The van der Waals surface area contributed by atoms with Crippen LogP contribution in [0, 0.1) is 11.7 Å². The molecule has 0 aliphatic rings. The Hall–Kier alpha value is -1.88. The van der Waals surface area contributed by atoms with Crippen molar-refractivity contribution in [3.63, 3.8) is 0 Å². The molecule has 0 saturated carbocycles. The third-order valence-corrected chi connectivity index (χ3v) is 3.68. The number of aromatic amines is 1. The number of benzene rings is 1. The fourth-order valence-corrected chi connectivity index (χ4v) is 2.56. The summed E-state index contributed by atoms with van der Waals surface area (Å²) in [5.74, 6) is -1.17. The second-order valence-electron chi connectivity index (χ2n) is 5.42. The lowest BCUT2D eigenvalue weighted by Gasteiger charge is -2.12. The number of rotatable bonds is 4. The SMILES string of the molecule is CCOC(=O)c1c[nH]c2c(CC(C)C)c(Cl)c(F)cc2c1=O. The molecule has 0 atom stereocenters. The summed E-state index contributed by atoms with van der Waals surface area (Å²) >= 11 is 6.03. The van der Waals surface area contributed by atoms with Crippen LogP contribution in [0.4, 0.5) is 4.39 Å². The molecule has 6 heteroatoms. The maximum atomic E-state index is 14.0. The minimum absolute atomic E-state index is 0.000680. The first-order chi connectivity index (χ1) is 10.4. The Kier molecular flexibility index (Phi) is 4.86. The topological polar surface area (TPSA) is 59.2 Å². The van der Waals surface area contributed by atoms with Gasteiger partial charge in [0.15, 0.2) is 0 Å². The van der Waals surface area contributed by atoms with Crippen LogP contribution < -0.4 is 5.43 Å². The highest BCUT2D eigenvalue weighted by Gasteiger charge is 2.19. The summed E-state index contributed by atoms with van der Waals surface area (Å²) < 4.78 is 18.8. The van der Waals surface area contributed by atoms with E-state index in [0.29, 0.717) is 17.5 Å². The van der Waals surface area contributed by atoms with Gasteiger partial charge >= 0.3 is 5.97 Å². The van der Waals surface area contributed by atoms with Crippen LogP contribution in [-0.4, -0.2) is 17.6 Å². The van der Waals surface area contributed by atoms with E-state index in [0.717, 1.165) is 6.07 Å². The van der Waals surface area contributed by atoms with Crippen molar-refractivity contribution in [2.45, 2.75) is 27.2 Å². The highest BCUT2D eigenvalue weighted by Crippen LogP contribution is 2.28. The van der Waals surface area contributed by atoms with Gasteiger partial charge in [0, 0.05) is 11.6 Å². The lowest BCUT2D eigenvalue weighted by molar-refractivity contribution is 0.0524. The monoisotopic (exact) mass is 325 g/mol. The Morgan fingerprint density at radius 2 is 2.14 bits per heavy atom. The molecule has 0 amide bonds. The van der Waals surface area contributed by atoms with Gasteiger partial charge in [-0.15, -0.1) is 0 Å². The van der Waals surface area contributed by atoms with Crippen molar-refractivity contribution in [3.05, 3.63) is 44.5 Å². The zero-order chi connectivity index (χ0) is 16.4. The Balaban J connectivity index is 2.73. The Labute approximate surface area is 132 Å². The van der Waals surface area contributed by atoms with Gasteiger partial charge in [0.25, 0.3) is 0 Å². The smallest absolute Gasteiger partial charge is 0.343 e. The summed E-state index contributed by atoms with van der Waals surface area (Å²) in [4.78, 5) is 27.1. The lowest BCUT2D eigenvalue weighted by Crippen LogP contribution is -2.19. The molecule has 2 rings (SSSR count). The van der Waals surface area contributed by atoms with Crippen molar-refractivity contribution >= 4 is 28.5 Å². The third-order valence-electron chi connectivity index (χ3n) is 3.27. The quantitative estimate of drug-likeness (QED) is 0.872. The van der Waals surface area contributed by atoms with Crippen LogP contribution in [0.5, 0.6) is 0 Å². The molecule has 1 aromatic heterocycles. The van der Waals surface area contributed by atoms with Gasteiger partial charge in [-0.05, 0) is 30.9 Å². The average Bonchev–Trinajstić information content (AvgIpc) is 2.45. The van der Waals surface area contributed by atoms with E-state index in [1.807, 2.05) is 13.8 Å². The van der Waals surface area contributed by atoms with Gasteiger partial charge < -0.3 is 9.72 Å². The summed E-state index contributed by atoms with van der Waals surface area (Å²) in [5, 5.41) is 0.101. The molecule has 2 aromatic rings. The molecule has 0 spiro atoms. The van der Waals surface area contributed by atoms with Crippen molar-refractivity contribution in [2.75, 3.05) is 6.61 Å². The fourth-order valence-electron chi connectivity index (χ4n) is 2.34. The normalized spacial score (nSPS) is 11.2. The Bertz CT molecular complexity index is 783. The molecule has 0 unspecified atom stereocenters. The largest absolute Gasteiger partial charge is 0.462 e. The van der Waals surface area contributed by atoms with Gasteiger partial charge in [-0.1, -0.05) is 25.4 Å². The van der Waals surface area contributed by atoms with E-state index >= 15 is 0 Å². The van der Waals surface area contributed by atoms with Crippen LogP contribution in [0.15, 0.2) is 17.1 Å². The molecular weight excluding hydrogens is 309 g/mol. The van der Waals surface area contributed by atoms with E-state index in [-0.39, 0.29) is 28.5 Å². The van der Waals surface area contributed by atoms with E-state index in [2.05, 4.69) is 4.98 Å². The Morgan fingerprint density at radius 1 is 1.45 bits per heavy atom. The number of fused-ring (bicyclic) bond motifs is 1. The van der Waals surface area contributed by atoms with Gasteiger partial charge in [0.2, 0.25) is 5.43 Å². The average molecular weight is 326 g/mol. The van der Waals surface area contributed by atoms with E-state index in [9.17, 15) is 14.0 Å². The van der Waals surface area contributed by atoms with Crippen molar-refractivity contribution < 1.29 is 13.9 Å². The maximum Gasteiger partial charge on any atom is 0.343 e. The number of ether oxygens (including phenoxy) is 1. The predicted molar refractivity (Wildman–Crippen MR) is 84.0 cm³/mol. The molecule has 4 nitrogen and oxygen atoms in total. The first-order valence-electron chi connectivity index (χ1n) is 7.06. The molecule has 0 bridgehead atoms. The number of carbonyl (C=O) groups excluding carboxylic acids is 1. The summed E-state index contributed by atoms with van der Waals surface area (Å²) in [7, 11) is 0. The second kappa shape index (κ2) is 6.48. The molecule has 1 heterocycles. The first kappa shape index (κ1) is 16.5. The van der Waals surface area contributed by atoms with E-state index in [4.69, 9.17) is 16.3 Å². The Morgan fingerprint density at radius 3 is 2.73 bits per heavy atom. The number of nitrogens with one attached hydrogen (secondary N) is 1. The maximum absolute atomic E-state index is 14.0. The molecule has 0 radical (unpaired) electrons. The number of pyridine rings is 1. The highest BCUT2D eigenvalue weighted by atomic mass is 35.5. The van der Waals surface area contributed by atoms with Crippen LogP contribution in [0.2, 0.25) is 5.02 Å². The molecule has 0 saturated heterocycles. The predicted octanol–water partition coefficient (Wildman–Crippen LogP) is 3.70. The number of hydrogen-bond acceptors (Lipinski definition) is 3. The number of hydrogen-bond donors (Lipinski definition) is 1. The van der Waals surface area contributed by atoms with Gasteiger partial charge in [-0.25, -0.2) is 9.18 Å². The van der Waals surface area contributed by atoms with Crippen LogP contribution >= 0.6 is 11.6 Å². The van der Waals surface area contributed by atoms with E-state index < -0.39 is 17.2 Å². The van der Waals surface area contributed by atoms with Gasteiger partial charge in [0.1, 0.15) is 11.4 Å². The van der Waals surface area contributed by atoms with E-state index in [1.54, 1.807) is 6.92 Å². The fraction of sp³-hybridized carbons (Fsp3) is 0.375. The van der Waals surface area contributed by atoms with Crippen molar-refractivity contribution in [1.29, 1.82) is 0 Å². The van der Waals surface area contributed by atoms with Gasteiger partial charge in [-0.3, -0.25) is 4.79 Å². The minimum Gasteiger partial charge on any atom is -0.462 e. The summed E-state index contributed by atoms with van der Waals surface area (Å²) in [6.07, 6.45) is 1.81. The van der Waals surface area contributed by atoms with Crippen molar-refractivity contribution in [2.24, 2.45) is 5.92 Å². The van der Waals surface area contributed by atoms with Crippen molar-refractivity contribution in [1.82, 2.24) is 4.98 Å². The number of carbonyl (C=O) groups is 1. The molecule has 0 fully saturated rings. The summed E-state index contributed by atoms with van der Waals surface area (Å²) in [6, 6.07) is 1.06. The van der Waals surface area contributed by atoms with Crippen LogP contribution in [0.3, 0.4) is 0 Å². The zero-order valence-corrected chi connectivity index (χ0v) is 13.4. The zero-order valence-electron chi connectivity index (χ0n) is 12.6. The summed E-state index contributed by atoms with van der Waals surface area (Å²) in [5.41, 5.74) is 0.289. The molecule has 1 aromatic carbocycles. The standard InChI is InChI=1S/C16H17ClFNO3/c1-4-22-16(21)11-7-19-14-9(5-8(2)3)13(17)12(18)6-10(14)15(11)20/h6-8H,4-5H2,1-3H3,(H,19,20).